The van der Waals surface area contributed by atoms with Crippen LogP contribution >= 0.6 is 0 Å². The molecule has 0 aromatic heterocycles. The predicted molar refractivity (Wildman–Crippen MR) is 56.3 cm³/mol. The summed E-state index contributed by atoms with van der Waals surface area (Å²) < 4.78 is 10.3. The maximum atomic E-state index is 11.7. The summed E-state index contributed by atoms with van der Waals surface area (Å²) in [6.45, 7) is 3.51. The first-order valence-corrected chi connectivity index (χ1v) is 5.74. The Morgan fingerprint density at radius 1 is 1.33 bits per heavy atom. The van der Waals surface area contributed by atoms with Crippen molar-refractivity contribution >= 4 is 5.97 Å². The summed E-state index contributed by atoms with van der Waals surface area (Å²) in [5, 5.41) is 0. The first kappa shape index (κ1) is 10.7. The van der Waals surface area contributed by atoms with Crippen LogP contribution in [-0.4, -0.2) is 25.8 Å². The van der Waals surface area contributed by atoms with Crippen molar-refractivity contribution in [2.45, 2.75) is 19.8 Å². The van der Waals surface area contributed by atoms with Crippen molar-refractivity contribution in [2.24, 2.45) is 17.8 Å². The van der Waals surface area contributed by atoms with Gasteiger partial charge in [0, 0.05) is 6.61 Å². The van der Waals surface area contributed by atoms with E-state index in [4.69, 9.17) is 9.47 Å². The Hall–Kier alpha value is -0.830. The molecule has 84 valence electrons. The maximum absolute atomic E-state index is 11.7. The average Bonchev–Trinajstić information content (AvgIpc) is 2.85. The summed E-state index contributed by atoms with van der Waals surface area (Å²) >= 11 is 0. The summed E-state index contributed by atoms with van der Waals surface area (Å²) in [6, 6.07) is 0. The van der Waals surface area contributed by atoms with E-state index in [0.717, 1.165) is 12.8 Å². The fourth-order valence-corrected chi connectivity index (χ4v) is 2.50. The number of fused-ring (bicyclic) bond motifs is 2. The Kier molecular flexibility index (Phi) is 3.41. The fourth-order valence-electron chi connectivity index (χ4n) is 2.50. The predicted octanol–water partition coefficient (Wildman–Crippen LogP) is 1.78. The highest BCUT2D eigenvalue weighted by Gasteiger charge is 2.40. The second-order valence-electron chi connectivity index (χ2n) is 4.25. The molecule has 0 N–H and O–H groups in total. The van der Waals surface area contributed by atoms with Gasteiger partial charge in [0.25, 0.3) is 0 Å². The molecule has 0 radical (unpaired) electrons. The van der Waals surface area contributed by atoms with E-state index >= 15 is 0 Å². The van der Waals surface area contributed by atoms with Gasteiger partial charge in [-0.3, -0.25) is 4.79 Å². The van der Waals surface area contributed by atoms with Crippen LogP contribution in [0.25, 0.3) is 0 Å². The molecule has 0 aromatic rings. The van der Waals surface area contributed by atoms with E-state index in [0.29, 0.717) is 31.7 Å². The van der Waals surface area contributed by atoms with E-state index < -0.39 is 0 Å². The van der Waals surface area contributed by atoms with Gasteiger partial charge in [-0.2, -0.15) is 0 Å². The van der Waals surface area contributed by atoms with Gasteiger partial charge < -0.3 is 9.47 Å². The Bertz CT molecular complexity index is 260. The maximum Gasteiger partial charge on any atom is 0.309 e. The van der Waals surface area contributed by atoms with Crippen LogP contribution < -0.4 is 0 Å². The van der Waals surface area contributed by atoms with Gasteiger partial charge in [0.2, 0.25) is 0 Å². The van der Waals surface area contributed by atoms with Crippen molar-refractivity contribution in [1.29, 1.82) is 0 Å². The van der Waals surface area contributed by atoms with E-state index in [2.05, 4.69) is 12.2 Å². The number of carbonyl (C=O) groups excluding carboxylic acids is 1. The standard InChI is InChI=1S/C12H18O3/c1-2-14-5-6-15-12(13)11-8-9-3-4-10(11)7-9/h3-4,9-11H,2,5-8H2,1H3/t9-,10+,11-/m0/s1. The third kappa shape index (κ3) is 2.40. The number of hydrogen-bond donors (Lipinski definition) is 0. The van der Waals surface area contributed by atoms with Crippen LogP contribution in [-0.2, 0) is 14.3 Å². The largest absolute Gasteiger partial charge is 0.463 e. The van der Waals surface area contributed by atoms with Gasteiger partial charge in [-0.15, -0.1) is 0 Å². The number of hydrogen-bond acceptors (Lipinski definition) is 3. The molecule has 2 aliphatic rings. The van der Waals surface area contributed by atoms with Gasteiger partial charge in [0.05, 0.1) is 12.5 Å². The molecule has 1 fully saturated rings. The number of allylic oxidation sites excluding steroid dienone is 2. The van der Waals surface area contributed by atoms with Crippen molar-refractivity contribution in [2.75, 3.05) is 19.8 Å². The Morgan fingerprint density at radius 2 is 2.20 bits per heavy atom. The zero-order valence-corrected chi connectivity index (χ0v) is 9.15. The van der Waals surface area contributed by atoms with Crippen LogP contribution in [0, 0.1) is 17.8 Å². The quantitative estimate of drug-likeness (QED) is 0.394. The molecule has 1 saturated carbocycles. The molecule has 2 bridgehead atoms. The molecule has 3 heteroatoms. The molecule has 0 unspecified atom stereocenters. The average molecular weight is 210 g/mol. The van der Waals surface area contributed by atoms with Gasteiger partial charge in [-0.05, 0) is 31.6 Å². The topological polar surface area (TPSA) is 35.5 Å². The smallest absolute Gasteiger partial charge is 0.309 e. The third-order valence-corrected chi connectivity index (χ3v) is 3.26. The minimum atomic E-state index is -0.0356. The molecule has 0 spiro atoms. The first-order chi connectivity index (χ1) is 7.31. The molecule has 0 heterocycles. The number of esters is 1. The summed E-state index contributed by atoms with van der Waals surface area (Å²) in [7, 11) is 0. The third-order valence-electron chi connectivity index (χ3n) is 3.26. The summed E-state index contributed by atoms with van der Waals surface area (Å²) in [4.78, 5) is 11.7. The highest BCUT2D eigenvalue weighted by atomic mass is 16.6. The van der Waals surface area contributed by atoms with E-state index in [1.54, 1.807) is 0 Å². The molecular formula is C12H18O3. The normalized spacial score (nSPS) is 32.2. The highest BCUT2D eigenvalue weighted by molar-refractivity contribution is 5.74. The van der Waals surface area contributed by atoms with Gasteiger partial charge in [-0.1, -0.05) is 12.2 Å². The molecule has 0 aliphatic heterocycles. The zero-order chi connectivity index (χ0) is 10.7. The zero-order valence-electron chi connectivity index (χ0n) is 9.15. The molecule has 0 aromatic carbocycles. The Labute approximate surface area is 90.4 Å². The van der Waals surface area contributed by atoms with Crippen LogP contribution in [0.5, 0.6) is 0 Å². The molecule has 3 nitrogen and oxygen atoms in total. The van der Waals surface area contributed by atoms with E-state index in [9.17, 15) is 4.79 Å². The summed E-state index contributed by atoms with van der Waals surface area (Å²) in [6.07, 6.45) is 6.52. The van der Waals surface area contributed by atoms with E-state index in [-0.39, 0.29) is 11.9 Å². The molecule has 2 aliphatic carbocycles. The van der Waals surface area contributed by atoms with Crippen LogP contribution in [0.4, 0.5) is 0 Å². The number of ether oxygens (including phenoxy) is 2. The van der Waals surface area contributed by atoms with Crippen LogP contribution in [0.1, 0.15) is 19.8 Å². The van der Waals surface area contributed by atoms with Crippen molar-refractivity contribution < 1.29 is 14.3 Å². The van der Waals surface area contributed by atoms with Crippen LogP contribution in [0.3, 0.4) is 0 Å². The SMILES string of the molecule is CCOCCOC(=O)[C@H]1C[C@H]2C=C[C@@H]1C2. The van der Waals surface area contributed by atoms with Crippen molar-refractivity contribution in [3.63, 3.8) is 0 Å². The minimum Gasteiger partial charge on any atom is -0.463 e. The Morgan fingerprint density at radius 3 is 2.80 bits per heavy atom. The number of carbonyl (C=O) groups is 1. The fraction of sp³-hybridized carbons (Fsp3) is 0.750. The lowest BCUT2D eigenvalue weighted by atomic mass is 9.94. The van der Waals surface area contributed by atoms with Gasteiger partial charge >= 0.3 is 5.97 Å². The molecular weight excluding hydrogens is 192 g/mol. The van der Waals surface area contributed by atoms with E-state index in [1.807, 2.05) is 6.92 Å². The molecule has 2 rings (SSSR count). The first-order valence-electron chi connectivity index (χ1n) is 5.74. The second-order valence-corrected chi connectivity index (χ2v) is 4.25. The van der Waals surface area contributed by atoms with Crippen molar-refractivity contribution in [3.8, 4) is 0 Å². The van der Waals surface area contributed by atoms with Crippen LogP contribution in [0.2, 0.25) is 0 Å². The molecule has 0 amide bonds. The highest BCUT2D eigenvalue weighted by Crippen LogP contribution is 2.43. The van der Waals surface area contributed by atoms with Gasteiger partial charge in [0.15, 0.2) is 0 Å². The van der Waals surface area contributed by atoms with Crippen molar-refractivity contribution in [3.05, 3.63) is 12.2 Å². The summed E-state index contributed by atoms with van der Waals surface area (Å²) in [5.41, 5.74) is 0. The molecule has 0 saturated heterocycles. The molecule has 3 atom stereocenters. The molecule has 15 heavy (non-hydrogen) atoms. The lowest BCUT2D eigenvalue weighted by Gasteiger charge is -2.16. The van der Waals surface area contributed by atoms with E-state index in [1.165, 1.54) is 0 Å². The lowest BCUT2D eigenvalue weighted by molar-refractivity contribution is -0.150. The monoisotopic (exact) mass is 210 g/mol. The second kappa shape index (κ2) is 4.79. The Balaban J connectivity index is 1.70. The summed E-state index contributed by atoms with van der Waals surface area (Å²) in [5.74, 6) is 1.14. The number of rotatable bonds is 5. The van der Waals surface area contributed by atoms with Gasteiger partial charge in [0.1, 0.15) is 6.61 Å². The minimum absolute atomic E-state index is 0.0356. The van der Waals surface area contributed by atoms with Gasteiger partial charge in [-0.25, -0.2) is 0 Å². The van der Waals surface area contributed by atoms with Crippen LogP contribution in [0.15, 0.2) is 12.2 Å². The lowest BCUT2D eigenvalue weighted by Crippen LogP contribution is -2.23. The van der Waals surface area contributed by atoms with Crippen molar-refractivity contribution in [1.82, 2.24) is 0 Å².